The summed E-state index contributed by atoms with van der Waals surface area (Å²) in [5, 5.41) is 3.03. The molecule has 0 radical (unpaired) electrons. The zero-order chi connectivity index (χ0) is 24.0. The summed E-state index contributed by atoms with van der Waals surface area (Å²) in [7, 11) is 0. The maximum Gasteiger partial charge on any atom is 0.407 e. The highest BCUT2D eigenvalue weighted by Crippen LogP contribution is 2.47. The molecule has 0 saturated carbocycles. The van der Waals surface area contributed by atoms with E-state index in [1.165, 1.54) is 18.2 Å². The first-order chi connectivity index (χ1) is 16.2. The number of fused-ring (bicyclic) bond motifs is 4. The van der Waals surface area contributed by atoms with Gasteiger partial charge < -0.3 is 14.8 Å². The number of amides is 1. The molecule has 6 rings (SSSR count). The third-order valence-corrected chi connectivity index (χ3v) is 7.63. The van der Waals surface area contributed by atoms with E-state index in [1.807, 2.05) is 0 Å². The molecule has 3 aliphatic heterocycles. The summed E-state index contributed by atoms with van der Waals surface area (Å²) in [4.78, 5) is 15.2. The van der Waals surface area contributed by atoms with E-state index in [1.54, 1.807) is 19.1 Å². The molecule has 1 aliphatic carbocycles. The zero-order valence-electron chi connectivity index (χ0n) is 20.0. The lowest BCUT2D eigenvalue weighted by Crippen LogP contribution is -2.53. The van der Waals surface area contributed by atoms with Crippen molar-refractivity contribution in [3.63, 3.8) is 0 Å². The Morgan fingerprint density at radius 2 is 1.91 bits per heavy atom. The molecule has 4 aliphatic rings. The van der Waals surface area contributed by atoms with Gasteiger partial charge in [0.1, 0.15) is 11.9 Å². The van der Waals surface area contributed by atoms with Crippen LogP contribution >= 0.6 is 0 Å². The van der Waals surface area contributed by atoms with Gasteiger partial charge in [-0.1, -0.05) is 19.9 Å². The van der Waals surface area contributed by atoms with Crippen LogP contribution in [0.25, 0.3) is 11.1 Å². The van der Waals surface area contributed by atoms with Crippen LogP contribution in [0.4, 0.5) is 13.6 Å². The van der Waals surface area contributed by atoms with E-state index in [4.69, 9.17) is 9.47 Å². The van der Waals surface area contributed by atoms with Crippen LogP contribution in [-0.4, -0.2) is 43.3 Å². The highest BCUT2D eigenvalue weighted by molar-refractivity contribution is 5.71. The smallest absolute Gasteiger partial charge is 0.407 e. The Morgan fingerprint density at radius 1 is 1.15 bits per heavy atom. The number of hydrogen-bond donors (Lipinski definition) is 1. The number of ether oxygens (including phenoxy) is 2. The van der Waals surface area contributed by atoms with Gasteiger partial charge in [0.05, 0.1) is 12.6 Å². The maximum atomic E-state index is 15.2. The van der Waals surface area contributed by atoms with Gasteiger partial charge in [0, 0.05) is 12.1 Å². The van der Waals surface area contributed by atoms with Gasteiger partial charge in [-0.25, -0.2) is 13.6 Å². The summed E-state index contributed by atoms with van der Waals surface area (Å²) in [6.07, 6.45) is 2.27. The Labute approximate surface area is 199 Å². The standard InChI is InChI=1S/C27H32F2N2O3/c1-4-33-23-6-5-17(12-22(23)29)19-11-18-14-27(2,3)25(20(18)13-21(19)28)30-26(32)34-24-15-31-9-7-16(24)8-10-31/h5-6,11-13,16,24-25H,4,7-10,14-15H2,1-3H3,(H,30,32)/t24-,25?/m1/s1. The average Bonchev–Trinajstić information content (AvgIpc) is 3.04. The number of nitrogens with zero attached hydrogens (tertiary/aromatic N) is 1. The van der Waals surface area contributed by atoms with Crippen molar-refractivity contribution in [1.82, 2.24) is 10.2 Å². The van der Waals surface area contributed by atoms with Crippen LogP contribution < -0.4 is 10.1 Å². The second-order valence-corrected chi connectivity index (χ2v) is 10.4. The maximum absolute atomic E-state index is 15.2. The minimum absolute atomic E-state index is 0.0832. The van der Waals surface area contributed by atoms with Gasteiger partial charge in [-0.15, -0.1) is 0 Å². The van der Waals surface area contributed by atoms with Crippen molar-refractivity contribution < 1.29 is 23.0 Å². The summed E-state index contributed by atoms with van der Waals surface area (Å²) >= 11 is 0. The van der Waals surface area contributed by atoms with Crippen molar-refractivity contribution >= 4 is 6.09 Å². The Morgan fingerprint density at radius 3 is 2.56 bits per heavy atom. The molecule has 1 amide bonds. The molecule has 1 unspecified atom stereocenters. The van der Waals surface area contributed by atoms with Crippen LogP contribution in [-0.2, 0) is 11.2 Å². The van der Waals surface area contributed by atoms with E-state index in [9.17, 15) is 9.18 Å². The highest BCUT2D eigenvalue weighted by Gasteiger charge is 2.42. The summed E-state index contributed by atoms with van der Waals surface area (Å²) in [5.74, 6) is -0.388. The first-order valence-electron chi connectivity index (χ1n) is 12.2. The SMILES string of the molecule is CCOc1ccc(-c2cc3c(cc2F)C(NC(=O)O[C@@H]2CN4CCC2CC4)C(C)(C)C3)cc1F. The van der Waals surface area contributed by atoms with Crippen molar-refractivity contribution in [2.24, 2.45) is 11.3 Å². The van der Waals surface area contributed by atoms with Gasteiger partial charge in [-0.2, -0.15) is 0 Å². The summed E-state index contributed by atoms with van der Waals surface area (Å²) in [5.41, 5.74) is 2.18. The van der Waals surface area contributed by atoms with Gasteiger partial charge >= 0.3 is 6.09 Å². The lowest BCUT2D eigenvalue weighted by Gasteiger charge is -2.44. The van der Waals surface area contributed by atoms with Crippen molar-refractivity contribution in [3.8, 4) is 16.9 Å². The van der Waals surface area contributed by atoms with Gasteiger partial charge in [-0.05, 0) is 91.6 Å². The fraction of sp³-hybridized carbons (Fsp3) is 0.519. The third kappa shape index (κ3) is 4.26. The molecule has 3 fully saturated rings. The molecule has 3 heterocycles. The van der Waals surface area contributed by atoms with Crippen LogP contribution in [0.1, 0.15) is 50.8 Å². The predicted octanol–water partition coefficient (Wildman–Crippen LogP) is 5.47. The van der Waals surface area contributed by atoms with E-state index in [0.29, 0.717) is 30.1 Å². The van der Waals surface area contributed by atoms with E-state index in [2.05, 4.69) is 24.1 Å². The van der Waals surface area contributed by atoms with Crippen LogP contribution in [0.3, 0.4) is 0 Å². The summed E-state index contributed by atoms with van der Waals surface area (Å²) < 4.78 is 40.7. The molecule has 34 heavy (non-hydrogen) atoms. The normalized spacial score (nSPS) is 26.7. The second-order valence-electron chi connectivity index (χ2n) is 10.4. The van der Waals surface area contributed by atoms with E-state index in [-0.39, 0.29) is 23.3 Å². The number of alkyl carbamates (subject to hydrolysis) is 1. The second kappa shape index (κ2) is 8.84. The van der Waals surface area contributed by atoms with Crippen LogP contribution in [0, 0.1) is 23.0 Å². The van der Waals surface area contributed by atoms with E-state index >= 15 is 4.39 Å². The fourth-order valence-electron chi connectivity index (χ4n) is 5.84. The van der Waals surface area contributed by atoms with Gasteiger partial charge in [0.2, 0.25) is 0 Å². The number of carbonyl (C=O) groups excluding carboxylic acids is 1. The summed E-state index contributed by atoms with van der Waals surface area (Å²) in [6, 6.07) is 7.39. The van der Waals surface area contributed by atoms with E-state index in [0.717, 1.165) is 43.6 Å². The lowest BCUT2D eigenvalue weighted by atomic mass is 9.85. The van der Waals surface area contributed by atoms with Gasteiger partial charge in [-0.3, -0.25) is 4.90 Å². The predicted molar refractivity (Wildman–Crippen MR) is 126 cm³/mol. The minimum atomic E-state index is -0.519. The van der Waals surface area contributed by atoms with Gasteiger partial charge in [0.15, 0.2) is 11.6 Å². The molecule has 2 aromatic carbocycles. The molecule has 2 bridgehead atoms. The van der Waals surface area contributed by atoms with Crippen molar-refractivity contribution in [1.29, 1.82) is 0 Å². The monoisotopic (exact) mass is 470 g/mol. The van der Waals surface area contributed by atoms with Crippen molar-refractivity contribution in [2.45, 2.75) is 52.2 Å². The molecule has 5 nitrogen and oxygen atoms in total. The van der Waals surface area contributed by atoms with Gasteiger partial charge in [0.25, 0.3) is 0 Å². The minimum Gasteiger partial charge on any atom is -0.491 e. The molecular formula is C27H32F2N2O3. The number of nitrogens with one attached hydrogen (secondary N) is 1. The Balaban J connectivity index is 1.36. The number of halogens is 2. The number of piperidine rings is 3. The fourth-order valence-corrected chi connectivity index (χ4v) is 5.84. The van der Waals surface area contributed by atoms with Crippen LogP contribution in [0.5, 0.6) is 5.75 Å². The first-order valence-corrected chi connectivity index (χ1v) is 12.2. The average molecular weight is 471 g/mol. The lowest BCUT2D eigenvalue weighted by molar-refractivity contribution is -0.0349. The highest BCUT2D eigenvalue weighted by atomic mass is 19.1. The van der Waals surface area contributed by atoms with Crippen molar-refractivity contribution in [2.75, 3.05) is 26.2 Å². The van der Waals surface area contributed by atoms with Crippen LogP contribution in [0.15, 0.2) is 30.3 Å². The Kier molecular flexibility index (Phi) is 6.00. The number of hydrogen-bond acceptors (Lipinski definition) is 4. The quantitative estimate of drug-likeness (QED) is 0.629. The zero-order valence-corrected chi connectivity index (χ0v) is 20.0. The Bertz CT molecular complexity index is 1100. The molecule has 1 N–H and O–H groups in total. The topological polar surface area (TPSA) is 50.8 Å². The molecule has 3 saturated heterocycles. The largest absolute Gasteiger partial charge is 0.491 e. The molecular weight excluding hydrogens is 438 g/mol. The van der Waals surface area contributed by atoms with Crippen molar-refractivity contribution in [3.05, 3.63) is 53.1 Å². The molecule has 182 valence electrons. The molecule has 2 atom stereocenters. The van der Waals surface area contributed by atoms with E-state index < -0.39 is 17.7 Å². The Hall–Kier alpha value is -2.67. The first kappa shape index (κ1) is 23.1. The number of rotatable bonds is 5. The molecule has 0 spiro atoms. The third-order valence-electron chi connectivity index (χ3n) is 7.63. The summed E-state index contributed by atoms with van der Waals surface area (Å²) in [6.45, 7) is 9.20. The number of carbonyl (C=O) groups is 1. The van der Waals surface area contributed by atoms with Crippen LogP contribution in [0.2, 0.25) is 0 Å². The molecule has 0 aromatic heterocycles. The molecule has 7 heteroatoms. The molecule has 2 aromatic rings. The number of benzene rings is 2.